The Morgan fingerprint density at radius 2 is 1.79 bits per heavy atom. The predicted molar refractivity (Wildman–Crippen MR) is 165 cm³/mol. The molecule has 0 atom stereocenters. The van der Waals surface area contributed by atoms with E-state index >= 15 is 0 Å². The lowest BCUT2D eigenvalue weighted by molar-refractivity contribution is -0.141. The van der Waals surface area contributed by atoms with Crippen molar-refractivity contribution in [2.45, 2.75) is 31.6 Å². The number of halogens is 4. The van der Waals surface area contributed by atoms with E-state index in [9.17, 15) is 27.6 Å². The molecule has 4 aromatic rings. The number of hydrogen-bond acceptors (Lipinski definition) is 7. The summed E-state index contributed by atoms with van der Waals surface area (Å²) in [6.45, 7) is 1.62. The summed E-state index contributed by atoms with van der Waals surface area (Å²) in [6, 6.07) is 7.89. The van der Waals surface area contributed by atoms with Crippen molar-refractivity contribution < 1.29 is 27.6 Å². The van der Waals surface area contributed by atoms with Crippen molar-refractivity contribution in [3.05, 3.63) is 82.8 Å². The minimum absolute atomic E-state index is 0.0388. The maximum absolute atomic E-state index is 14.0. The lowest BCUT2D eigenvalue weighted by Gasteiger charge is -2.40. The third kappa shape index (κ3) is 6.72. The number of carbonyl (C=O) groups is 3. The molecule has 0 radical (unpaired) electrons. The summed E-state index contributed by atoms with van der Waals surface area (Å²) in [5.74, 6) is -1.11. The van der Waals surface area contributed by atoms with Crippen LogP contribution in [0.1, 0.15) is 45.1 Å². The highest BCUT2D eigenvalue weighted by atomic mass is 35.5. The summed E-state index contributed by atoms with van der Waals surface area (Å²) in [5, 5.41) is 6.51. The fourth-order valence-electron chi connectivity index (χ4n) is 5.82. The van der Waals surface area contributed by atoms with Crippen LogP contribution in [-0.4, -0.2) is 84.1 Å². The Bertz CT molecular complexity index is 1810. The largest absolute Gasteiger partial charge is 0.435 e. The zero-order valence-corrected chi connectivity index (χ0v) is 26.0. The lowest BCUT2D eigenvalue weighted by atomic mass is 9.80. The van der Waals surface area contributed by atoms with Gasteiger partial charge in [0.25, 0.3) is 11.8 Å². The van der Waals surface area contributed by atoms with Crippen LogP contribution >= 0.6 is 11.6 Å². The molecule has 12 nitrogen and oxygen atoms in total. The third-order valence-electron chi connectivity index (χ3n) is 8.42. The molecule has 3 N–H and O–H groups in total. The van der Waals surface area contributed by atoms with E-state index in [1.807, 2.05) is 0 Å². The Kier molecular flexibility index (Phi) is 8.76. The zero-order chi connectivity index (χ0) is 33.5. The average molecular weight is 670 g/mol. The Morgan fingerprint density at radius 1 is 1.06 bits per heavy atom. The maximum Gasteiger partial charge on any atom is 0.435 e. The molecular formula is C31H31ClF3N9O3. The molecule has 1 saturated carbocycles. The first-order valence-corrected chi connectivity index (χ1v) is 15.3. The van der Waals surface area contributed by atoms with Crippen molar-refractivity contribution in [1.29, 1.82) is 0 Å². The molecule has 0 bridgehead atoms. The predicted octanol–water partition coefficient (Wildman–Crippen LogP) is 3.67. The molecule has 246 valence electrons. The smallest absolute Gasteiger partial charge is 0.339 e. The van der Waals surface area contributed by atoms with Gasteiger partial charge < -0.3 is 25.4 Å². The van der Waals surface area contributed by atoms with E-state index in [0.717, 1.165) is 4.68 Å². The van der Waals surface area contributed by atoms with Crippen molar-refractivity contribution in [2.24, 2.45) is 18.7 Å². The molecule has 16 heteroatoms. The number of nitrogens with two attached hydrogens (primary N) is 1. The molecule has 0 spiro atoms. The fourth-order valence-corrected chi connectivity index (χ4v) is 6.09. The molecule has 6 rings (SSSR count). The normalized spacial score (nSPS) is 18.2. The van der Waals surface area contributed by atoms with Crippen LogP contribution in [-0.2, 0) is 24.6 Å². The first-order chi connectivity index (χ1) is 22.4. The van der Waals surface area contributed by atoms with Gasteiger partial charge in [-0.15, -0.1) is 0 Å². The molecule has 3 amide bonds. The number of aromatic nitrogens is 5. The number of nitrogens with one attached hydrogen (secondary N) is 1. The number of carbonyl (C=O) groups excluding carboxylic acids is 3. The van der Waals surface area contributed by atoms with Gasteiger partial charge in [-0.3, -0.25) is 24.0 Å². The number of rotatable bonds is 7. The SMILES string of the molecule is Cn1c(-c2cn(Cc3cccnc3)nc2C(F)(F)F)cnc1C(=O)Nc1ccc(C(=O)N2CCN(C(=O)[C@H]3C[C@H](N)C3)CC2)c(Cl)c1. The molecule has 3 aromatic heterocycles. The summed E-state index contributed by atoms with van der Waals surface area (Å²) in [6.07, 6.45) is 2.16. The van der Waals surface area contributed by atoms with Gasteiger partial charge in [-0.25, -0.2) is 4.98 Å². The van der Waals surface area contributed by atoms with Crippen molar-refractivity contribution in [1.82, 2.24) is 34.1 Å². The minimum atomic E-state index is -4.76. The van der Waals surface area contributed by atoms with Crippen LogP contribution in [0.5, 0.6) is 0 Å². The molecular weight excluding hydrogens is 639 g/mol. The van der Waals surface area contributed by atoms with Crippen LogP contribution in [0.15, 0.2) is 55.1 Å². The summed E-state index contributed by atoms with van der Waals surface area (Å²) >= 11 is 6.45. The number of benzene rings is 1. The van der Waals surface area contributed by atoms with Gasteiger partial charge in [-0.05, 0) is 42.7 Å². The molecule has 4 heterocycles. The van der Waals surface area contributed by atoms with Crippen LogP contribution in [0.25, 0.3) is 11.3 Å². The van der Waals surface area contributed by atoms with Gasteiger partial charge in [0.15, 0.2) is 11.5 Å². The summed E-state index contributed by atoms with van der Waals surface area (Å²) in [5.41, 5.74) is 5.66. The van der Waals surface area contributed by atoms with Gasteiger partial charge in [-0.2, -0.15) is 18.3 Å². The van der Waals surface area contributed by atoms with E-state index < -0.39 is 17.8 Å². The highest BCUT2D eigenvalue weighted by Gasteiger charge is 2.39. The number of anilines is 1. The Labute approximate surface area is 272 Å². The van der Waals surface area contributed by atoms with Crippen LogP contribution in [0.2, 0.25) is 5.02 Å². The number of alkyl halides is 3. The molecule has 0 unspecified atom stereocenters. The highest BCUT2D eigenvalue weighted by Crippen LogP contribution is 2.36. The van der Waals surface area contributed by atoms with Crippen molar-refractivity contribution in [3.8, 4) is 11.3 Å². The maximum atomic E-state index is 14.0. The van der Waals surface area contributed by atoms with E-state index in [4.69, 9.17) is 17.3 Å². The highest BCUT2D eigenvalue weighted by molar-refractivity contribution is 6.34. The number of imidazole rings is 1. The first-order valence-electron chi connectivity index (χ1n) is 14.9. The van der Waals surface area contributed by atoms with E-state index in [1.165, 1.54) is 48.4 Å². The summed E-state index contributed by atoms with van der Waals surface area (Å²) in [4.78, 5) is 50.5. The molecule has 2 aliphatic rings. The molecule has 1 saturated heterocycles. The van der Waals surface area contributed by atoms with E-state index in [0.29, 0.717) is 44.6 Å². The van der Waals surface area contributed by atoms with Crippen LogP contribution in [0, 0.1) is 5.92 Å². The summed E-state index contributed by atoms with van der Waals surface area (Å²) < 4.78 is 44.3. The van der Waals surface area contributed by atoms with Crippen LogP contribution in [0.4, 0.5) is 18.9 Å². The number of pyridine rings is 1. The van der Waals surface area contributed by atoms with Gasteiger partial charge in [0.2, 0.25) is 5.91 Å². The molecule has 47 heavy (non-hydrogen) atoms. The Balaban J connectivity index is 1.12. The fraction of sp³-hybridized carbons (Fsp3) is 0.355. The second kappa shape index (κ2) is 12.8. The second-order valence-electron chi connectivity index (χ2n) is 11.7. The molecule has 1 aliphatic heterocycles. The van der Waals surface area contributed by atoms with Gasteiger partial charge >= 0.3 is 6.18 Å². The minimum Gasteiger partial charge on any atom is -0.339 e. The number of amides is 3. The second-order valence-corrected chi connectivity index (χ2v) is 12.1. The standard InChI is InChI=1S/C31H31ClF3N9O3/c1-41-25(23-17-44(40-26(23)31(33,34)35)16-18-3-2-6-37-14-18)15-38-27(41)28(45)39-21-4-5-22(24(32)13-21)30(47)43-9-7-42(8-10-43)29(46)19-11-20(36)12-19/h2-6,13-15,17,19-20H,7-12,16,36H2,1H3,(H,39,45)/t19-,20-. The number of nitrogens with zero attached hydrogens (tertiary/aromatic N) is 7. The Morgan fingerprint density at radius 3 is 2.43 bits per heavy atom. The zero-order valence-electron chi connectivity index (χ0n) is 25.2. The van der Waals surface area contributed by atoms with Gasteiger partial charge in [0.1, 0.15) is 0 Å². The average Bonchev–Trinajstić information content (AvgIpc) is 3.63. The van der Waals surface area contributed by atoms with Crippen molar-refractivity contribution in [2.75, 3.05) is 31.5 Å². The Hall–Kier alpha value is -4.76. The molecule has 2 fully saturated rings. The van der Waals surface area contributed by atoms with E-state index in [2.05, 4.69) is 20.4 Å². The summed E-state index contributed by atoms with van der Waals surface area (Å²) in [7, 11) is 1.43. The van der Waals surface area contributed by atoms with Gasteiger partial charge in [0.05, 0.1) is 34.6 Å². The molecule has 1 aliphatic carbocycles. The van der Waals surface area contributed by atoms with Crippen LogP contribution in [0.3, 0.4) is 0 Å². The lowest BCUT2D eigenvalue weighted by Crippen LogP contribution is -2.54. The van der Waals surface area contributed by atoms with E-state index in [1.54, 1.807) is 28.1 Å². The quantitative estimate of drug-likeness (QED) is 0.306. The van der Waals surface area contributed by atoms with Gasteiger partial charge in [-0.1, -0.05) is 17.7 Å². The third-order valence-corrected chi connectivity index (χ3v) is 8.74. The molecule has 1 aromatic carbocycles. The van der Waals surface area contributed by atoms with E-state index in [-0.39, 0.29) is 63.7 Å². The van der Waals surface area contributed by atoms with Gasteiger partial charge in [0, 0.05) is 69.5 Å². The first kappa shape index (κ1) is 32.2. The van der Waals surface area contributed by atoms with Crippen molar-refractivity contribution >= 4 is 35.0 Å². The number of hydrogen-bond donors (Lipinski definition) is 2. The van der Waals surface area contributed by atoms with Crippen molar-refractivity contribution in [3.63, 3.8) is 0 Å². The monoisotopic (exact) mass is 669 g/mol. The topological polar surface area (TPSA) is 144 Å². The number of piperazine rings is 1. The van der Waals surface area contributed by atoms with Crippen LogP contribution < -0.4 is 11.1 Å².